The Kier molecular flexibility index (Phi) is 4.62. The van der Waals surface area contributed by atoms with Crippen molar-refractivity contribution in [3.8, 4) is 16.9 Å². The van der Waals surface area contributed by atoms with Crippen LogP contribution in [0.5, 0.6) is 5.75 Å². The van der Waals surface area contributed by atoms with Crippen molar-refractivity contribution in [2.24, 2.45) is 0 Å². The Hall–Kier alpha value is -3.53. The summed E-state index contributed by atoms with van der Waals surface area (Å²) in [6, 6.07) is 22.9. The Morgan fingerprint density at radius 1 is 0.926 bits per heavy atom. The molecule has 0 unspecified atom stereocenters. The van der Waals surface area contributed by atoms with E-state index in [-0.39, 0.29) is 24.7 Å². The SMILES string of the molecule is O=C(Cc1coc2cc(O)ccc12)OCc1ccc(-c2ccccc2)cc1. The Bertz CT molecular complexity index is 1060. The van der Waals surface area contributed by atoms with Crippen LogP contribution in [0.25, 0.3) is 22.1 Å². The van der Waals surface area contributed by atoms with Crippen LogP contribution < -0.4 is 0 Å². The van der Waals surface area contributed by atoms with E-state index < -0.39 is 0 Å². The van der Waals surface area contributed by atoms with Crippen molar-refractivity contribution in [2.45, 2.75) is 13.0 Å². The first-order valence-corrected chi connectivity index (χ1v) is 8.68. The number of phenolic OH excluding ortho intramolecular Hbond substituents is 1. The lowest BCUT2D eigenvalue weighted by Crippen LogP contribution is -2.07. The molecule has 0 aliphatic heterocycles. The number of hydrogen-bond acceptors (Lipinski definition) is 4. The molecule has 0 saturated carbocycles. The van der Waals surface area contributed by atoms with E-state index in [9.17, 15) is 9.90 Å². The molecule has 0 aliphatic rings. The van der Waals surface area contributed by atoms with Crippen molar-refractivity contribution in [3.63, 3.8) is 0 Å². The predicted octanol–water partition coefficient (Wildman–Crippen LogP) is 5.09. The molecule has 0 amide bonds. The summed E-state index contributed by atoms with van der Waals surface area (Å²) in [5.74, 6) is -0.192. The van der Waals surface area contributed by atoms with Crippen LogP contribution in [0.4, 0.5) is 0 Å². The van der Waals surface area contributed by atoms with E-state index in [0.717, 1.165) is 27.6 Å². The third-order valence-electron chi connectivity index (χ3n) is 4.43. The summed E-state index contributed by atoms with van der Waals surface area (Å²) in [6.45, 7) is 0.227. The lowest BCUT2D eigenvalue weighted by molar-refractivity contribution is -0.144. The monoisotopic (exact) mass is 358 g/mol. The molecule has 4 rings (SSSR count). The lowest BCUT2D eigenvalue weighted by Gasteiger charge is -2.06. The number of ether oxygens (including phenoxy) is 1. The van der Waals surface area contributed by atoms with Gasteiger partial charge in [-0.05, 0) is 28.8 Å². The van der Waals surface area contributed by atoms with E-state index in [1.165, 1.54) is 12.3 Å². The quantitative estimate of drug-likeness (QED) is 0.505. The summed E-state index contributed by atoms with van der Waals surface area (Å²) in [5, 5.41) is 10.3. The van der Waals surface area contributed by atoms with Crippen LogP contribution in [0.2, 0.25) is 0 Å². The molecule has 4 aromatic rings. The van der Waals surface area contributed by atoms with Gasteiger partial charge < -0.3 is 14.3 Å². The number of rotatable bonds is 5. The van der Waals surface area contributed by atoms with E-state index in [4.69, 9.17) is 9.15 Å². The van der Waals surface area contributed by atoms with Gasteiger partial charge >= 0.3 is 5.97 Å². The highest BCUT2D eigenvalue weighted by atomic mass is 16.5. The maximum absolute atomic E-state index is 12.2. The third kappa shape index (κ3) is 3.85. The van der Waals surface area contributed by atoms with Crippen molar-refractivity contribution in [1.29, 1.82) is 0 Å². The van der Waals surface area contributed by atoms with Crippen molar-refractivity contribution in [3.05, 3.63) is 90.2 Å². The first-order valence-electron chi connectivity index (χ1n) is 8.68. The number of esters is 1. The number of carbonyl (C=O) groups is 1. The fraction of sp³-hybridized carbons (Fsp3) is 0.0870. The van der Waals surface area contributed by atoms with Crippen LogP contribution in [0.1, 0.15) is 11.1 Å². The molecule has 0 saturated heterocycles. The normalized spacial score (nSPS) is 10.8. The van der Waals surface area contributed by atoms with Gasteiger partial charge in [0.15, 0.2) is 0 Å². The second kappa shape index (κ2) is 7.38. The van der Waals surface area contributed by atoms with Gasteiger partial charge in [-0.1, -0.05) is 54.6 Å². The van der Waals surface area contributed by atoms with Crippen LogP contribution in [0.3, 0.4) is 0 Å². The molecule has 0 bridgehead atoms. The summed E-state index contributed by atoms with van der Waals surface area (Å²) >= 11 is 0. The molecule has 0 aliphatic carbocycles. The van der Waals surface area contributed by atoms with Crippen LogP contribution in [-0.2, 0) is 22.6 Å². The average molecular weight is 358 g/mol. The van der Waals surface area contributed by atoms with Gasteiger partial charge in [0.1, 0.15) is 17.9 Å². The smallest absolute Gasteiger partial charge is 0.310 e. The topological polar surface area (TPSA) is 59.7 Å². The van der Waals surface area contributed by atoms with Gasteiger partial charge in [-0.2, -0.15) is 0 Å². The van der Waals surface area contributed by atoms with Crippen molar-refractivity contribution in [2.75, 3.05) is 0 Å². The zero-order valence-corrected chi connectivity index (χ0v) is 14.6. The number of aromatic hydroxyl groups is 1. The van der Waals surface area contributed by atoms with Crippen LogP contribution in [0, 0.1) is 0 Å². The van der Waals surface area contributed by atoms with E-state index in [0.29, 0.717) is 5.58 Å². The summed E-state index contributed by atoms with van der Waals surface area (Å²) < 4.78 is 10.8. The minimum atomic E-state index is -0.321. The Morgan fingerprint density at radius 3 is 2.44 bits per heavy atom. The van der Waals surface area contributed by atoms with Crippen molar-refractivity contribution < 1.29 is 19.1 Å². The van der Waals surface area contributed by atoms with Gasteiger partial charge in [-0.25, -0.2) is 0 Å². The molecular formula is C23H18O4. The summed E-state index contributed by atoms with van der Waals surface area (Å²) in [6.07, 6.45) is 1.65. The molecule has 0 atom stereocenters. The summed E-state index contributed by atoms with van der Waals surface area (Å²) in [5.41, 5.74) is 4.51. The third-order valence-corrected chi connectivity index (χ3v) is 4.43. The van der Waals surface area contributed by atoms with E-state index in [2.05, 4.69) is 12.1 Å². The van der Waals surface area contributed by atoms with Crippen LogP contribution >= 0.6 is 0 Å². The number of benzene rings is 3. The average Bonchev–Trinajstić information content (AvgIpc) is 3.09. The molecule has 134 valence electrons. The maximum atomic E-state index is 12.2. The second-order valence-corrected chi connectivity index (χ2v) is 6.34. The predicted molar refractivity (Wildman–Crippen MR) is 103 cm³/mol. The number of fused-ring (bicyclic) bond motifs is 1. The largest absolute Gasteiger partial charge is 0.508 e. The van der Waals surface area contributed by atoms with Crippen LogP contribution in [0.15, 0.2) is 83.5 Å². The highest BCUT2D eigenvalue weighted by Gasteiger charge is 2.12. The van der Waals surface area contributed by atoms with Gasteiger partial charge in [0.05, 0.1) is 12.7 Å². The molecule has 1 aromatic heterocycles. The highest BCUT2D eigenvalue weighted by molar-refractivity contribution is 5.86. The molecule has 4 nitrogen and oxygen atoms in total. The lowest BCUT2D eigenvalue weighted by atomic mass is 10.0. The second-order valence-electron chi connectivity index (χ2n) is 6.34. The molecule has 1 N–H and O–H groups in total. The van der Waals surface area contributed by atoms with Gasteiger partial charge in [0.2, 0.25) is 0 Å². The first-order chi connectivity index (χ1) is 13.2. The number of phenols is 1. The highest BCUT2D eigenvalue weighted by Crippen LogP contribution is 2.25. The number of carbonyl (C=O) groups excluding carboxylic acids is 1. The summed E-state index contributed by atoms with van der Waals surface area (Å²) in [4.78, 5) is 12.2. The van der Waals surface area contributed by atoms with Crippen molar-refractivity contribution in [1.82, 2.24) is 0 Å². The Morgan fingerprint density at radius 2 is 1.67 bits per heavy atom. The maximum Gasteiger partial charge on any atom is 0.310 e. The van der Waals surface area contributed by atoms with Crippen LogP contribution in [-0.4, -0.2) is 11.1 Å². The first kappa shape index (κ1) is 16.9. The fourth-order valence-corrected chi connectivity index (χ4v) is 3.00. The standard InChI is InChI=1S/C23H18O4/c24-20-10-11-21-19(15-26-22(21)13-20)12-23(25)27-14-16-6-8-18(9-7-16)17-4-2-1-3-5-17/h1-11,13,15,24H,12,14H2. The van der Waals surface area contributed by atoms with E-state index in [1.807, 2.05) is 42.5 Å². The number of hydrogen-bond donors (Lipinski definition) is 1. The summed E-state index contributed by atoms with van der Waals surface area (Å²) in [7, 11) is 0. The van der Waals surface area contributed by atoms with Gasteiger partial charge in [0, 0.05) is 17.0 Å². The minimum Gasteiger partial charge on any atom is -0.508 e. The Labute approximate surface area is 156 Å². The molecule has 4 heteroatoms. The molecule has 1 heterocycles. The Balaban J connectivity index is 1.37. The molecule has 27 heavy (non-hydrogen) atoms. The van der Waals surface area contributed by atoms with E-state index >= 15 is 0 Å². The van der Waals surface area contributed by atoms with Gasteiger partial charge in [-0.15, -0.1) is 0 Å². The molecule has 0 fully saturated rings. The molecule has 3 aromatic carbocycles. The molecule has 0 radical (unpaired) electrons. The zero-order chi connectivity index (χ0) is 18.6. The van der Waals surface area contributed by atoms with Crippen molar-refractivity contribution >= 4 is 16.9 Å². The minimum absolute atomic E-state index is 0.125. The molecular weight excluding hydrogens is 340 g/mol. The van der Waals surface area contributed by atoms with Gasteiger partial charge in [-0.3, -0.25) is 4.79 Å². The fourth-order valence-electron chi connectivity index (χ4n) is 3.00. The van der Waals surface area contributed by atoms with Gasteiger partial charge in [0.25, 0.3) is 0 Å². The molecule has 0 spiro atoms. The van der Waals surface area contributed by atoms with E-state index in [1.54, 1.807) is 12.1 Å². The number of furan rings is 1. The zero-order valence-electron chi connectivity index (χ0n) is 14.6.